The number of aromatic nitrogens is 2. The highest BCUT2D eigenvalue weighted by Gasteiger charge is 2.47. The highest BCUT2D eigenvalue weighted by molar-refractivity contribution is 6.05. The first-order chi connectivity index (χ1) is 11.3. The molecule has 2 saturated carbocycles. The molecule has 2 fully saturated rings. The average molecular weight is 304 g/mol. The van der Waals surface area contributed by atoms with E-state index in [1.165, 1.54) is 36.8 Å². The lowest BCUT2D eigenvalue weighted by Gasteiger charge is -2.36. The summed E-state index contributed by atoms with van der Waals surface area (Å²) in [6.07, 6.45) is 9.04. The third-order valence-electron chi connectivity index (χ3n) is 6.55. The molecule has 3 aliphatic carbocycles. The van der Waals surface area contributed by atoms with Crippen LogP contribution in [0.1, 0.15) is 48.6 Å². The second kappa shape index (κ2) is 4.08. The van der Waals surface area contributed by atoms with Gasteiger partial charge in [-0.15, -0.1) is 0 Å². The van der Waals surface area contributed by atoms with Gasteiger partial charge in [0.05, 0.1) is 5.52 Å². The predicted octanol–water partition coefficient (Wildman–Crippen LogP) is 4.92. The van der Waals surface area contributed by atoms with Crippen molar-refractivity contribution < 1.29 is 4.39 Å². The fourth-order valence-corrected chi connectivity index (χ4v) is 5.82. The predicted molar refractivity (Wildman–Crippen MR) is 87.9 cm³/mol. The number of pyridine rings is 2. The molecular weight excluding hydrogens is 287 g/mol. The molecular formula is C20H17FN2. The lowest BCUT2D eigenvalue weighted by atomic mass is 9.68. The molecule has 3 aromatic rings. The van der Waals surface area contributed by atoms with Crippen molar-refractivity contribution in [3.63, 3.8) is 0 Å². The van der Waals surface area contributed by atoms with Crippen LogP contribution >= 0.6 is 0 Å². The van der Waals surface area contributed by atoms with Crippen molar-refractivity contribution in [3.8, 4) is 0 Å². The largest absolute Gasteiger partial charge is 0.255 e. The minimum Gasteiger partial charge on any atom is -0.255 e. The van der Waals surface area contributed by atoms with E-state index in [9.17, 15) is 4.39 Å². The zero-order valence-corrected chi connectivity index (χ0v) is 12.8. The first-order valence-electron chi connectivity index (χ1n) is 8.65. The van der Waals surface area contributed by atoms with Gasteiger partial charge in [0.15, 0.2) is 0 Å². The number of fused-ring (bicyclic) bond motifs is 9. The summed E-state index contributed by atoms with van der Waals surface area (Å²) in [6.45, 7) is 0. The summed E-state index contributed by atoms with van der Waals surface area (Å²) in [5.41, 5.74) is 4.19. The molecule has 3 aliphatic rings. The van der Waals surface area contributed by atoms with Gasteiger partial charge in [0.2, 0.25) is 0 Å². The van der Waals surface area contributed by atoms with Crippen molar-refractivity contribution in [3.05, 3.63) is 47.5 Å². The van der Waals surface area contributed by atoms with Gasteiger partial charge < -0.3 is 0 Å². The molecule has 2 heterocycles. The Kier molecular flexibility index (Phi) is 2.20. The summed E-state index contributed by atoms with van der Waals surface area (Å²) in [6, 6.07) is 5.51. The number of hydrogen-bond acceptors (Lipinski definition) is 2. The molecule has 2 nitrogen and oxygen atoms in total. The topological polar surface area (TPSA) is 25.8 Å². The van der Waals surface area contributed by atoms with E-state index >= 15 is 0 Å². The van der Waals surface area contributed by atoms with Crippen LogP contribution in [0.4, 0.5) is 4.39 Å². The third kappa shape index (κ3) is 1.48. The van der Waals surface area contributed by atoms with E-state index in [4.69, 9.17) is 4.98 Å². The van der Waals surface area contributed by atoms with E-state index in [2.05, 4.69) is 11.2 Å². The molecule has 0 N–H and O–H groups in total. The fraction of sp³-hybridized carbons (Fsp3) is 0.400. The van der Waals surface area contributed by atoms with Crippen LogP contribution in [0.25, 0.3) is 21.8 Å². The van der Waals surface area contributed by atoms with Gasteiger partial charge in [-0.2, -0.15) is 0 Å². The number of hydrogen-bond donors (Lipinski definition) is 0. The molecule has 0 spiro atoms. The van der Waals surface area contributed by atoms with Crippen molar-refractivity contribution in [2.24, 2.45) is 11.8 Å². The summed E-state index contributed by atoms with van der Waals surface area (Å²) in [5.74, 6) is 2.77. The number of benzene rings is 1. The molecule has 2 aromatic heterocycles. The maximum atomic E-state index is 14.6. The number of halogens is 1. The summed E-state index contributed by atoms with van der Waals surface area (Å²) in [4.78, 5) is 8.98. The standard InChI is InChI=1S/C20H17FN2/c21-17-8-15-18-12-5-10-4-11(7-12)14(6-10)16(18)9-23-19(15)13-2-1-3-22-20(13)17/h1-3,8-12,14H,4-7H2. The summed E-state index contributed by atoms with van der Waals surface area (Å²) >= 11 is 0. The fourth-order valence-electron chi connectivity index (χ4n) is 5.82. The Labute approximate surface area is 133 Å². The Morgan fingerprint density at radius 3 is 2.91 bits per heavy atom. The Balaban J connectivity index is 1.75. The Bertz CT molecular complexity index is 978. The van der Waals surface area contributed by atoms with Crippen molar-refractivity contribution in [1.82, 2.24) is 9.97 Å². The van der Waals surface area contributed by atoms with Crippen LogP contribution in [-0.2, 0) is 0 Å². The smallest absolute Gasteiger partial charge is 0.150 e. The highest BCUT2D eigenvalue weighted by Crippen LogP contribution is 2.61. The van der Waals surface area contributed by atoms with E-state index in [0.29, 0.717) is 17.4 Å². The molecule has 23 heavy (non-hydrogen) atoms. The van der Waals surface area contributed by atoms with E-state index < -0.39 is 0 Å². The van der Waals surface area contributed by atoms with Crippen molar-refractivity contribution in [2.75, 3.05) is 0 Å². The van der Waals surface area contributed by atoms with Crippen LogP contribution in [0.3, 0.4) is 0 Å². The maximum absolute atomic E-state index is 14.6. The van der Waals surface area contributed by atoms with E-state index in [0.717, 1.165) is 28.1 Å². The highest BCUT2D eigenvalue weighted by atomic mass is 19.1. The number of rotatable bonds is 0. The summed E-state index contributed by atoms with van der Waals surface area (Å²) in [5, 5.41) is 1.88. The molecule has 3 heteroatoms. The van der Waals surface area contributed by atoms with Gasteiger partial charge in [0.1, 0.15) is 11.3 Å². The van der Waals surface area contributed by atoms with Crippen molar-refractivity contribution in [2.45, 2.75) is 37.5 Å². The minimum absolute atomic E-state index is 0.214. The minimum atomic E-state index is -0.214. The van der Waals surface area contributed by atoms with E-state index in [-0.39, 0.29) is 5.82 Å². The first-order valence-corrected chi connectivity index (χ1v) is 8.65. The normalized spacial score (nSPS) is 31.0. The second-order valence-electron chi connectivity index (χ2n) is 7.65. The lowest BCUT2D eigenvalue weighted by Crippen LogP contribution is -2.23. The SMILES string of the molecule is Fc1cc2c3c(cnc2c2cccnc12)C1CC2CC3CC1C2. The van der Waals surface area contributed by atoms with Gasteiger partial charge >= 0.3 is 0 Å². The third-order valence-corrected chi connectivity index (χ3v) is 6.55. The zero-order chi connectivity index (χ0) is 15.1. The molecule has 0 saturated heterocycles. The lowest BCUT2D eigenvalue weighted by molar-refractivity contribution is 0.297. The zero-order valence-electron chi connectivity index (χ0n) is 12.8. The van der Waals surface area contributed by atoms with E-state index in [1.54, 1.807) is 12.3 Å². The monoisotopic (exact) mass is 304 g/mol. The van der Waals surface area contributed by atoms with Crippen LogP contribution in [0.5, 0.6) is 0 Å². The van der Waals surface area contributed by atoms with Gasteiger partial charge in [0, 0.05) is 23.2 Å². The van der Waals surface area contributed by atoms with Gasteiger partial charge in [-0.05, 0) is 78.7 Å². The molecule has 1 aromatic carbocycles. The molecule has 0 radical (unpaired) electrons. The molecule has 4 unspecified atom stereocenters. The first kappa shape index (κ1) is 12.4. The molecule has 4 atom stereocenters. The van der Waals surface area contributed by atoms with Crippen molar-refractivity contribution in [1.29, 1.82) is 0 Å². The molecule has 0 aliphatic heterocycles. The molecule has 6 rings (SSSR count). The van der Waals surface area contributed by atoms with Gasteiger partial charge in [-0.1, -0.05) is 0 Å². The van der Waals surface area contributed by atoms with Crippen LogP contribution < -0.4 is 0 Å². The summed E-state index contributed by atoms with van der Waals surface area (Å²) in [7, 11) is 0. The van der Waals surface area contributed by atoms with Crippen LogP contribution in [0.2, 0.25) is 0 Å². The molecule has 0 amide bonds. The van der Waals surface area contributed by atoms with Gasteiger partial charge in [0.25, 0.3) is 0 Å². The molecule has 3 bridgehead atoms. The van der Waals surface area contributed by atoms with Gasteiger partial charge in [-0.3, -0.25) is 9.97 Å². The van der Waals surface area contributed by atoms with Crippen LogP contribution in [-0.4, -0.2) is 9.97 Å². The average Bonchev–Trinajstić information content (AvgIpc) is 2.81. The van der Waals surface area contributed by atoms with Gasteiger partial charge in [-0.25, -0.2) is 4.39 Å². The van der Waals surface area contributed by atoms with Crippen molar-refractivity contribution >= 4 is 21.8 Å². The quantitative estimate of drug-likeness (QED) is 0.551. The Hall–Kier alpha value is -2.03. The number of nitrogens with zero attached hydrogens (tertiary/aromatic N) is 2. The molecule has 114 valence electrons. The van der Waals surface area contributed by atoms with Crippen LogP contribution in [0, 0.1) is 17.7 Å². The summed E-state index contributed by atoms with van der Waals surface area (Å²) < 4.78 is 14.6. The van der Waals surface area contributed by atoms with E-state index in [1.807, 2.05) is 12.1 Å². The Morgan fingerprint density at radius 1 is 1.00 bits per heavy atom. The second-order valence-corrected chi connectivity index (χ2v) is 7.65. The Morgan fingerprint density at radius 2 is 1.96 bits per heavy atom. The van der Waals surface area contributed by atoms with Crippen LogP contribution in [0.15, 0.2) is 30.6 Å². The maximum Gasteiger partial charge on any atom is 0.150 e.